The lowest BCUT2D eigenvalue weighted by molar-refractivity contribution is -0.137. The van der Waals surface area contributed by atoms with Crippen LogP contribution in [-0.2, 0) is 29.2 Å². The number of carbonyl (C=O) groups excluding carboxylic acids is 2. The molecule has 0 spiro atoms. The number of rotatable bonds is 9. The van der Waals surface area contributed by atoms with Crippen molar-refractivity contribution >= 4 is 11.8 Å². The summed E-state index contributed by atoms with van der Waals surface area (Å²) in [5.74, 6) is 0.405. The van der Waals surface area contributed by atoms with E-state index in [0.29, 0.717) is 11.5 Å². The first-order valence-electron chi connectivity index (χ1n) is 10.6. The molecule has 0 aliphatic rings. The molecular weight excluding hydrogens is 439 g/mol. The summed E-state index contributed by atoms with van der Waals surface area (Å²) in [6.45, 7) is 1.92. The number of halogens is 1. The molecule has 0 saturated heterocycles. The van der Waals surface area contributed by atoms with Crippen molar-refractivity contribution < 1.29 is 18.4 Å². The van der Waals surface area contributed by atoms with E-state index in [4.69, 9.17) is 4.42 Å². The molecule has 4 aromatic rings. The van der Waals surface area contributed by atoms with Crippen molar-refractivity contribution in [2.75, 3.05) is 6.54 Å². The lowest BCUT2D eigenvalue weighted by Gasteiger charge is -2.22. The second-order valence-electron chi connectivity index (χ2n) is 7.69. The Bertz CT molecular complexity index is 1250. The van der Waals surface area contributed by atoms with Crippen LogP contribution in [0.2, 0.25) is 0 Å². The molecule has 9 nitrogen and oxygen atoms in total. The molecule has 174 valence electrons. The first-order valence-corrected chi connectivity index (χ1v) is 10.6. The summed E-state index contributed by atoms with van der Waals surface area (Å²) in [6.07, 6.45) is 0. The van der Waals surface area contributed by atoms with E-state index in [2.05, 4.69) is 20.7 Å². The van der Waals surface area contributed by atoms with Gasteiger partial charge in [-0.05, 0) is 47.5 Å². The Morgan fingerprint density at radius 1 is 1.03 bits per heavy atom. The lowest BCUT2D eigenvalue weighted by atomic mass is 10.2. The minimum Gasteiger partial charge on any atom is -0.458 e. The summed E-state index contributed by atoms with van der Waals surface area (Å²) in [5.41, 5.74) is 1.63. The molecule has 10 heteroatoms. The number of aryl methyl sites for hydroxylation is 1. The predicted octanol–water partition coefficient (Wildman–Crippen LogP) is 2.73. The van der Waals surface area contributed by atoms with Crippen LogP contribution in [0.3, 0.4) is 0 Å². The molecule has 0 aliphatic heterocycles. The molecule has 0 saturated carbocycles. The SMILES string of the molecule is Cc1ccc(-c2nnn(CC(=O)N(CC(=O)NCc3ccc(F)cc3)Cc3ccccc3)n2)o1. The fraction of sp³-hybridized carbons (Fsp3) is 0.208. The highest BCUT2D eigenvalue weighted by Gasteiger charge is 2.20. The highest BCUT2D eigenvalue weighted by atomic mass is 19.1. The summed E-state index contributed by atoms with van der Waals surface area (Å²) < 4.78 is 18.6. The van der Waals surface area contributed by atoms with E-state index in [1.165, 1.54) is 21.8 Å². The van der Waals surface area contributed by atoms with Crippen LogP contribution < -0.4 is 5.32 Å². The van der Waals surface area contributed by atoms with E-state index in [9.17, 15) is 14.0 Å². The highest BCUT2D eigenvalue weighted by molar-refractivity contribution is 5.84. The third-order valence-corrected chi connectivity index (χ3v) is 5.00. The number of carbonyl (C=O) groups is 2. The molecule has 0 fully saturated rings. The van der Waals surface area contributed by atoms with Crippen molar-refractivity contribution in [1.82, 2.24) is 30.4 Å². The maximum Gasteiger partial charge on any atom is 0.247 e. The Morgan fingerprint density at radius 2 is 1.79 bits per heavy atom. The van der Waals surface area contributed by atoms with Gasteiger partial charge in [0.1, 0.15) is 18.1 Å². The number of tetrazole rings is 1. The van der Waals surface area contributed by atoms with Gasteiger partial charge in [0.05, 0.1) is 6.54 Å². The molecule has 4 rings (SSSR count). The van der Waals surface area contributed by atoms with Gasteiger partial charge in [0.25, 0.3) is 0 Å². The van der Waals surface area contributed by atoms with E-state index in [1.807, 2.05) is 30.3 Å². The topological polar surface area (TPSA) is 106 Å². The molecule has 0 radical (unpaired) electrons. The average molecular weight is 462 g/mol. The molecule has 0 atom stereocenters. The number of nitrogens with one attached hydrogen (secondary N) is 1. The van der Waals surface area contributed by atoms with Crippen molar-refractivity contribution in [2.24, 2.45) is 0 Å². The van der Waals surface area contributed by atoms with Crippen molar-refractivity contribution in [3.63, 3.8) is 0 Å². The summed E-state index contributed by atoms with van der Waals surface area (Å²) in [4.78, 5) is 28.3. The summed E-state index contributed by atoms with van der Waals surface area (Å²) in [6, 6.07) is 18.7. The largest absolute Gasteiger partial charge is 0.458 e. The first kappa shape index (κ1) is 22.8. The number of aromatic nitrogens is 4. The number of furan rings is 1. The quantitative estimate of drug-likeness (QED) is 0.410. The average Bonchev–Trinajstić information content (AvgIpc) is 3.48. The minimum absolute atomic E-state index is 0.159. The van der Waals surface area contributed by atoms with Crippen LogP contribution in [0.15, 0.2) is 71.1 Å². The van der Waals surface area contributed by atoms with Gasteiger partial charge in [-0.15, -0.1) is 10.2 Å². The maximum atomic E-state index is 13.1. The first-order chi connectivity index (χ1) is 16.5. The highest BCUT2D eigenvalue weighted by Crippen LogP contribution is 2.16. The zero-order valence-corrected chi connectivity index (χ0v) is 18.5. The van der Waals surface area contributed by atoms with Gasteiger partial charge < -0.3 is 14.6 Å². The predicted molar refractivity (Wildman–Crippen MR) is 120 cm³/mol. The number of hydrogen-bond donors (Lipinski definition) is 1. The number of amides is 2. The Morgan fingerprint density at radius 3 is 2.50 bits per heavy atom. The number of nitrogens with zero attached hydrogens (tertiary/aromatic N) is 5. The zero-order chi connectivity index (χ0) is 23.9. The van der Waals surface area contributed by atoms with Gasteiger partial charge in [0.15, 0.2) is 5.76 Å². The molecule has 2 heterocycles. The summed E-state index contributed by atoms with van der Waals surface area (Å²) >= 11 is 0. The van der Waals surface area contributed by atoms with Crippen LogP contribution in [0.1, 0.15) is 16.9 Å². The zero-order valence-electron chi connectivity index (χ0n) is 18.5. The molecular formula is C24H23FN6O3. The van der Waals surface area contributed by atoms with Crippen molar-refractivity contribution in [3.8, 4) is 11.6 Å². The van der Waals surface area contributed by atoms with Crippen LogP contribution in [0.25, 0.3) is 11.6 Å². The van der Waals surface area contributed by atoms with E-state index in [1.54, 1.807) is 31.2 Å². The van der Waals surface area contributed by atoms with Crippen LogP contribution >= 0.6 is 0 Å². The normalized spacial score (nSPS) is 10.8. The molecule has 2 aromatic heterocycles. The van der Waals surface area contributed by atoms with E-state index in [-0.39, 0.29) is 49.6 Å². The van der Waals surface area contributed by atoms with Crippen molar-refractivity contribution in [3.05, 3.63) is 89.4 Å². The Balaban J connectivity index is 1.42. The van der Waals surface area contributed by atoms with Gasteiger partial charge in [0.2, 0.25) is 17.6 Å². The van der Waals surface area contributed by atoms with Gasteiger partial charge in [-0.2, -0.15) is 4.80 Å². The number of benzene rings is 2. The molecule has 0 bridgehead atoms. The monoisotopic (exact) mass is 462 g/mol. The van der Waals surface area contributed by atoms with E-state index < -0.39 is 0 Å². The lowest BCUT2D eigenvalue weighted by Crippen LogP contribution is -2.41. The Labute approximate surface area is 195 Å². The minimum atomic E-state index is -0.347. The number of hydrogen-bond acceptors (Lipinski definition) is 6. The fourth-order valence-electron chi connectivity index (χ4n) is 3.25. The molecule has 0 aliphatic carbocycles. The third-order valence-electron chi connectivity index (χ3n) is 5.00. The van der Waals surface area contributed by atoms with E-state index in [0.717, 1.165) is 11.1 Å². The smallest absolute Gasteiger partial charge is 0.247 e. The maximum absolute atomic E-state index is 13.1. The molecule has 34 heavy (non-hydrogen) atoms. The van der Waals surface area contributed by atoms with Crippen LogP contribution in [0.5, 0.6) is 0 Å². The summed E-state index contributed by atoms with van der Waals surface area (Å²) in [7, 11) is 0. The van der Waals surface area contributed by atoms with Gasteiger partial charge in [-0.25, -0.2) is 4.39 Å². The second-order valence-corrected chi connectivity index (χ2v) is 7.69. The van der Waals surface area contributed by atoms with Crippen LogP contribution in [0.4, 0.5) is 4.39 Å². The molecule has 1 N–H and O–H groups in total. The van der Waals surface area contributed by atoms with Gasteiger partial charge in [0, 0.05) is 13.1 Å². The van der Waals surface area contributed by atoms with Crippen molar-refractivity contribution in [1.29, 1.82) is 0 Å². The van der Waals surface area contributed by atoms with E-state index >= 15 is 0 Å². The van der Waals surface area contributed by atoms with Crippen LogP contribution in [-0.4, -0.2) is 43.5 Å². The second kappa shape index (κ2) is 10.5. The molecule has 2 aromatic carbocycles. The molecule has 0 unspecified atom stereocenters. The third kappa shape index (κ3) is 6.12. The Kier molecular flexibility index (Phi) is 7.07. The standard InChI is InChI=1S/C24H23FN6O3/c1-17-7-12-21(34-17)24-27-29-31(28-24)16-23(33)30(14-19-5-3-2-4-6-19)15-22(32)26-13-18-8-10-20(25)11-9-18/h2-12H,13-16H2,1H3,(H,26,32). The van der Waals surface area contributed by atoms with Crippen LogP contribution in [0, 0.1) is 12.7 Å². The Hall–Kier alpha value is -4.34. The fourth-order valence-corrected chi connectivity index (χ4v) is 3.25. The summed E-state index contributed by atoms with van der Waals surface area (Å²) in [5, 5.41) is 14.8. The van der Waals surface area contributed by atoms with Gasteiger partial charge >= 0.3 is 0 Å². The van der Waals surface area contributed by atoms with Gasteiger partial charge in [-0.1, -0.05) is 42.5 Å². The van der Waals surface area contributed by atoms with Crippen molar-refractivity contribution in [2.45, 2.75) is 26.6 Å². The van der Waals surface area contributed by atoms with Gasteiger partial charge in [-0.3, -0.25) is 9.59 Å². The molecule has 2 amide bonds.